The number of ether oxygens (including phenoxy) is 1. The third kappa shape index (κ3) is 3.81. The largest absolute Gasteiger partial charge is 0.465 e. The van der Waals surface area contributed by atoms with E-state index >= 15 is 0 Å². The van der Waals surface area contributed by atoms with Crippen LogP contribution < -0.4 is 5.32 Å². The van der Waals surface area contributed by atoms with Crippen molar-refractivity contribution in [3.05, 3.63) is 62.7 Å². The van der Waals surface area contributed by atoms with Crippen LogP contribution in [0.1, 0.15) is 26.3 Å². The second-order valence-electron chi connectivity index (χ2n) is 4.49. The monoisotopic (exact) mass is 395 g/mol. The number of hydrogen-bond acceptors (Lipinski definition) is 3. The molecule has 0 atom stereocenters. The quantitative estimate of drug-likeness (QED) is 0.638. The van der Waals surface area contributed by atoms with E-state index < -0.39 is 5.97 Å². The molecule has 1 amide bonds. The number of aryl methyl sites for hydroxylation is 1. The van der Waals surface area contributed by atoms with Crippen molar-refractivity contribution in [1.82, 2.24) is 0 Å². The smallest absolute Gasteiger partial charge is 0.337 e. The van der Waals surface area contributed by atoms with Gasteiger partial charge in [-0.15, -0.1) is 0 Å². The molecule has 108 valence electrons. The maximum Gasteiger partial charge on any atom is 0.337 e. The zero-order valence-corrected chi connectivity index (χ0v) is 13.8. The molecule has 0 aliphatic carbocycles. The van der Waals surface area contributed by atoms with Crippen LogP contribution in [0.3, 0.4) is 0 Å². The van der Waals surface area contributed by atoms with Crippen LogP contribution in [0, 0.1) is 10.5 Å². The average molecular weight is 395 g/mol. The Morgan fingerprint density at radius 3 is 2.52 bits per heavy atom. The van der Waals surface area contributed by atoms with Gasteiger partial charge in [0.2, 0.25) is 0 Å². The number of benzene rings is 2. The van der Waals surface area contributed by atoms with Gasteiger partial charge in [-0.3, -0.25) is 4.79 Å². The summed E-state index contributed by atoms with van der Waals surface area (Å²) in [6.45, 7) is 1.87. The molecule has 0 saturated carbocycles. The maximum absolute atomic E-state index is 12.2. The number of carbonyl (C=O) groups excluding carboxylic acids is 2. The molecule has 0 aromatic heterocycles. The molecule has 4 nitrogen and oxygen atoms in total. The van der Waals surface area contributed by atoms with E-state index in [4.69, 9.17) is 0 Å². The first-order chi connectivity index (χ1) is 10.0. The minimum absolute atomic E-state index is 0.210. The topological polar surface area (TPSA) is 55.4 Å². The van der Waals surface area contributed by atoms with Crippen LogP contribution in [-0.2, 0) is 4.74 Å². The van der Waals surface area contributed by atoms with Crippen molar-refractivity contribution in [2.75, 3.05) is 12.4 Å². The standard InChI is InChI=1S/C16H14INO3/c1-10-6-7-12(16(20)21-2)9-14(10)18-15(19)11-4-3-5-13(17)8-11/h3-9H,1-2H3,(H,18,19). The molecule has 0 spiro atoms. The highest BCUT2D eigenvalue weighted by molar-refractivity contribution is 14.1. The van der Waals surface area contributed by atoms with Crippen molar-refractivity contribution in [2.24, 2.45) is 0 Å². The fourth-order valence-corrected chi connectivity index (χ4v) is 2.37. The van der Waals surface area contributed by atoms with Crippen LogP contribution in [0.5, 0.6) is 0 Å². The van der Waals surface area contributed by atoms with Gasteiger partial charge in [0.15, 0.2) is 0 Å². The number of halogens is 1. The number of carbonyl (C=O) groups is 2. The van der Waals surface area contributed by atoms with Gasteiger partial charge in [-0.2, -0.15) is 0 Å². The molecule has 2 aromatic carbocycles. The van der Waals surface area contributed by atoms with Crippen molar-refractivity contribution in [2.45, 2.75) is 6.92 Å². The van der Waals surface area contributed by atoms with Gasteiger partial charge in [-0.05, 0) is 65.4 Å². The summed E-state index contributed by atoms with van der Waals surface area (Å²) in [6.07, 6.45) is 0. The lowest BCUT2D eigenvalue weighted by molar-refractivity contribution is 0.0600. The van der Waals surface area contributed by atoms with E-state index in [9.17, 15) is 9.59 Å². The maximum atomic E-state index is 12.2. The molecule has 2 aromatic rings. The summed E-state index contributed by atoms with van der Waals surface area (Å²) in [5.74, 6) is -0.640. The van der Waals surface area contributed by atoms with Gasteiger partial charge in [0, 0.05) is 14.8 Å². The summed E-state index contributed by atoms with van der Waals surface area (Å²) in [4.78, 5) is 23.8. The zero-order chi connectivity index (χ0) is 15.4. The molecular formula is C16H14INO3. The molecule has 0 saturated heterocycles. The predicted molar refractivity (Wildman–Crippen MR) is 89.6 cm³/mol. The first-order valence-corrected chi connectivity index (χ1v) is 7.35. The Morgan fingerprint density at radius 1 is 1.10 bits per heavy atom. The average Bonchev–Trinajstić information content (AvgIpc) is 2.48. The summed E-state index contributed by atoms with van der Waals surface area (Å²) in [6, 6.07) is 12.4. The first kappa shape index (κ1) is 15.5. The van der Waals surface area contributed by atoms with Crippen LogP contribution >= 0.6 is 22.6 Å². The van der Waals surface area contributed by atoms with Crippen LogP contribution in [0.4, 0.5) is 5.69 Å². The van der Waals surface area contributed by atoms with Crippen molar-refractivity contribution >= 4 is 40.2 Å². The second-order valence-corrected chi connectivity index (χ2v) is 5.73. The lowest BCUT2D eigenvalue weighted by Gasteiger charge is -2.10. The van der Waals surface area contributed by atoms with Crippen molar-refractivity contribution in [1.29, 1.82) is 0 Å². The molecule has 0 aliphatic rings. The van der Waals surface area contributed by atoms with Gasteiger partial charge in [-0.25, -0.2) is 4.79 Å². The Labute approximate surface area is 136 Å². The molecule has 0 unspecified atom stereocenters. The van der Waals surface area contributed by atoms with Crippen molar-refractivity contribution in [3.63, 3.8) is 0 Å². The van der Waals surface area contributed by atoms with Gasteiger partial charge in [-0.1, -0.05) is 12.1 Å². The minimum atomic E-state index is -0.431. The van der Waals surface area contributed by atoms with Crippen LogP contribution in [-0.4, -0.2) is 19.0 Å². The van der Waals surface area contributed by atoms with Gasteiger partial charge < -0.3 is 10.1 Å². The molecule has 2 rings (SSSR count). The highest BCUT2D eigenvalue weighted by atomic mass is 127. The van der Waals surface area contributed by atoms with Gasteiger partial charge in [0.25, 0.3) is 5.91 Å². The lowest BCUT2D eigenvalue weighted by Crippen LogP contribution is -2.13. The van der Waals surface area contributed by atoms with E-state index in [1.54, 1.807) is 30.3 Å². The lowest BCUT2D eigenvalue weighted by atomic mass is 10.1. The molecule has 21 heavy (non-hydrogen) atoms. The normalized spacial score (nSPS) is 10.0. The summed E-state index contributed by atoms with van der Waals surface area (Å²) in [5.41, 5.74) is 2.45. The zero-order valence-electron chi connectivity index (χ0n) is 11.6. The van der Waals surface area contributed by atoms with E-state index in [1.807, 2.05) is 19.1 Å². The third-order valence-corrected chi connectivity index (χ3v) is 3.66. The molecule has 0 radical (unpaired) electrons. The number of methoxy groups -OCH3 is 1. The van der Waals surface area contributed by atoms with Gasteiger partial charge in [0.05, 0.1) is 12.7 Å². The van der Waals surface area contributed by atoms with E-state index in [0.717, 1.165) is 9.13 Å². The summed E-state index contributed by atoms with van der Waals surface area (Å²) in [7, 11) is 1.33. The molecule has 1 N–H and O–H groups in total. The molecule has 5 heteroatoms. The van der Waals surface area contributed by atoms with E-state index in [-0.39, 0.29) is 5.91 Å². The highest BCUT2D eigenvalue weighted by Crippen LogP contribution is 2.19. The predicted octanol–water partition coefficient (Wildman–Crippen LogP) is 3.64. The minimum Gasteiger partial charge on any atom is -0.465 e. The van der Waals surface area contributed by atoms with Crippen LogP contribution in [0.2, 0.25) is 0 Å². The van der Waals surface area contributed by atoms with Gasteiger partial charge in [0.1, 0.15) is 0 Å². The van der Waals surface area contributed by atoms with E-state index in [0.29, 0.717) is 16.8 Å². The Kier molecular flexibility index (Phi) is 4.95. The Bertz CT molecular complexity index is 698. The molecule has 0 bridgehead atoms. The number of anilines is 1. The summed E-state index contributed by atoms with van der Waals surface area (Å²) in [5, 5.41) is 2.82. The third-order valence-electron chi connectivity index (χ3n) is 2.99. The highest BCUT2D eigenvalue weighted by Gasteiger charge is 2.11. The van der Waals surface area contributed by atoms with E-state index in [2.05, 4.69) is 32.6 Å². The Hall–Kier alpha value is -1.89. The number of amides is 1. The second kappa shape index (κ2) is 6.71. The van der Waals surface area contributed by atoms with Gasteiger partial charge >= 0.3 is 5.97 Å². The molecule has 0 fully saturated rings. The number of rotatable bonds is 3. The van der Waals surface area contributed by atoms with Crippen molar-refractivity contribution in [3.8, 4) is 0 Å². The Morgan fingerprint density at radius 2 is 1.86 bits per heavy atom. The fourth-order valence-electron chi connectivity index (χ4n) is 1.83. The fraction of sp³-hybridized carbons (Fsp3) is 0.125. The van der Waals surface area contributed by atoms with Crippen molar-refractivity contribution < 1.29 is 14.3 Å². The molecule has 0 aliphatic heterocycles. The van der Waals surface area contributed by atoms with E-state index in [1.165, 1.54) is 7.11 Å². The first-order valence-electron chi connectivity index (χ1n) is 6.27. The molecule has 0 heterocycles. The number of esters is 1. The number of hydrogen-bond donors (Lipinski definition) is 1. The summed E-state index contributed by atoms with van der Waals surface area (Å²) < 4.78 is 5.67. The molecular weight excluding hydrogens is 381 g/mol. The van der Waals surface area contributed by atoms with Crippen LogP contribution in [0.25, 0.3) is 0 Å². The summed E-state index contributed by atoms with van der Waals surface area (Å²) >= 11 is 2.15. The SMILES string of the molecule is COC(=O)c1ccc(C)c(NC(=O)c2cccc(I)c2)c1. The Balaban J connectivity index is 2.26. The van der Waals surface area contributed by atoms with Crippen LogP contribution in [0.15, 0.2) is 42.5 Å². The number of nitrogens with one attached hydrogen (secondary N) is 1.